The number of esters is 1. The summed E-state index contributed by atoms with van der Waals surface area (Å²) in [6.45, 7) is 3.80. The maximum atomic E-state index is 13.4. The fourth-order valence-electron chi connectivity index (χ4n) is 3.58. The Morgan fingerprint density at radius 3 is 2.59 bits per heavy atom. The molecule has 0 aliphatic carbocycles. The Morgan fingerprint density at radius 2 is 1.91 bits per heavy atom. The van der Waals surface area contributed by atoms with Gasteiger partial charge in [-0.3, -0.25) is 9.36 Å². The zero-order valence-electron chi connectivity index (χ0n) is 17.6. The van der Waals surface area contributed by atoms with Gasteiger partial charge in [0.15, 0.2) is 4.80 Å². The van der Waals surface area contributed by atoms with E-state index in [-0.39, 0.29) is 12.2 Å². The largest absolute Gasteiger partial charge is 0.463 e. The Bertz CT molecular complexity index is 1380. The normalized spacial score (nSPS) is 16.2. The van der Waals surface area contributed by atoms with E-state index in [2.05, 4.69) is 20.9 Å². The summed E-state index contributed by atoms with van der Waals surface area (Å²) < 4.78 is 8.45. The Hall–Kier alpha value is -3.03. The van der Waals surface area contributed by atoms with Gasteiger partial charge in [0, 0.05) is 4.47 Å². The highest BCUT2D eigenvalue weighted by Gasteiger charge is 2.33. The summed E-state index contributed by atoms with van der Waals surface area (Å²) in [7, 11) is 0. The molecule has 1 aliphatic heterocycles. The number of nitrogens with zero attached hydrogens (tertiary/aromatic N) is 2. The van der Waals surface area contributed by atoms with Crippen LogP contribution in [0, 0.1) is 0 Å². The Balaban J connectivity index is 1.83. The van der Waals surface area contributed by atoms with E-state index in [9.17, 15) is 9.59 Å². The Labute approximate surface area is 197 Å². The van der Waals surface area contributed by atoms with Crippen LogP contribution < -0.4 is 14.9 Å². The third-order valence-corrected chi connectivity index (χ3v) is 6.57. The minimum absolute atomic E-state index is 0.183. The molecule has 1 atom stereocenters. The van der Waals surface area contributed by atoms with Crippen LogP contribution in [0.5, 0.6) is 0 Å². The standard InChI is InChI=1S/C25H21BrN2O3S/c1-3-31-24(30)21-16(2)27-25-28(22(21)18-9-5-4-6-10-18)23(29)20(32-25)11-7-8-17-12-14-19(26)15-13-17/h4-15,22H,3H2,1-2H3/b8-7+,20-11?/t22-/m1/s1. The smallest absolute Gasteiger partial charge is 0.338 e. The number of allylic oxidation sites excluding steroid dienone is 2. The van der Waals surface area contributed by atoms with Crippen LogP contribution in [0.25, 0.3) is 12.2 Å². The van der Waals surface area contributed by atoms with Gasteiger partial charge in [-0.2, -0.15) is 0 Å². The topological polar surface area (TPSA) is 60.7 Å². The second-order valence-corrected chi connectivity index (χ2v) is 9.07. The van der Waals surface area contributed by atoms with E-state index >= 15 is 0 Å². The van der Waals surface area contributed by atoms with Crippen molar-refractivity contribution in [2.24, 2.45) is 4.99 Å². The van der Waals surface area contributed by atoms with E-state index < -0.39 is 12.0 Å². The van der Waals surface area contributed by atoms with E-state index in [0.29, 0.717) is 20.6 Å². The number of halogens is 1. The average Bonchev–Trinajstić information content (AvgIpc) is 3.09. The lowest BCUT2D eigenvalue weighted by molar-refractivity contribution is -0.139. The molecule has 0 saturated heterocycles. The van der Waals surface area contributed by atoms with E-state index in [4.69, 9.17) is 4.74 Å². The summed E-state index contributed by atoms with van der Waals surface area (Å²) in [5.41, 5.74) is 2.64. The highest BCUT2D eigenvalue weighted by molar-refractivity contribution is 9.10. The van der Waals surface area contributed by atoms with Gasteiger partial charge in [0.05, 0.1) is 28.5 Å². The van der Waals surface area contributed by atoms with E-state index in [0.717, 1.165) is 15.6 Å². The quantitative estimate of drug-likeness (QED) is 0.484. The number of fused-ring (bicyclic) bond motifs is 1. The summed E-state index contributed by atoms with van der Waals surface area (Å²) in [5, 5.41) is 0. The van der Waals surface area contributed by atoms with Crippen molar-refractivity contribution < 1.29 is 9.53 Å². The molecule has 0 spiro atoms. The van der Waals surface area contributed by atoms with Crippen LogP contribution in [0.3, 0.4) is 0 Å². The first-order valence-corrected chi connectivity index (χ1v) is 11.8. The number of hydrogen-bond donors (Lipinski definition) is 0. The number of aromatic nitrogens is 1. The van der Waals surface area contributed by atoms with Crippen LogP contribution in [0.15, 0.2) is 86.2 Å². The molecule has 162 valence electrons. The van der Waals surface area contributed by atoms with Crippen molar-refractivity contribution in [3.8, 4) is 0 Å². The van der Waals surface area contributed by atoms with Gasteiger partial charge in [0.25, 0.3) is 5.56 Å². The highest BCUT2D eigenvalue weighted by Crippen LogP contribution is 2.30. The van der Waals surface area contributed by atoms with Gasteiger partial charge < -0.3 is 4.74 Å². The monoisotopic (exact) mass is 508 g/mol. The highest BCUT2D eigenvalue weighted by atomic mass is 79.9. The number of carbonyl (C=O) groups is 1. The molecule has 0 bridgehead atoms. The molecule has 2 heterocycles. The van der Waals surface area contributed by atoms with Crippen molar-refractivity contribution >= 4 is 45.4 Å². The summed E-state index contributed by atoms with van der Waals surface area (Å²) in [4.78, 5) is 31.3. The molecule has 3 aromatic rings. The molecule has 1 aromatic heterocycles. The lowest BCUT2D eigenvalue weighted by atomic mass is 9.96. The summed E-state index contributed by atoms with van der Waals surface area (Å²) in [6.07, 6.45) is 5.58. The fraction of sp³-hybridized carbons (Fsp3) is 0.160. The number of hydrogen-bond acceptors (Lipinski definition) is 5. The lowest BCUT2D eigenvalue weighted by Crippen LogP contribution is -2.39. The van der Waals surface area contributed by atoms with Crippen LogP contribution in [0.2, 0.25) is 0 Å². The maximum Gasteiger partial charge on any atom is 0.338 e. The van der Waals surface area contributed by atoms with Crippen molar-refractivity contribution in [2.45, 2.75) is 19.9 Å². The third kappa shape index (κ3) is 4.45. The molecule has 0 saturated carbocycles. The average molecular weight is 509 g/mol. The minimum atomic E-state index is -0.580. The molecule has 0 radical (unpaired) electrons. The molecule has 0 N–H and O–H groups in total. The van der Waals surface area contributed by atoms with Gasteiger partial charge >= 0.3 is 5.97 Å². The second-order valence-electron chi connectivity index (χ2n) is 7.15. The predicted molar refractivity (Wildman–Crippen MR) is 131 cm³/mol. The van der Waals surface area contributed by atoms with Gasteiger partial charge in [-0.25, -0.2) is 9.79 Å². The van der Waals surface area contributed by atoms with Gasteiger partial charge in [-0.1, -0.05) is 81.9 Å². The van der Waals surface area contributed by atoms with E-state index in [1.807, 2.05) is 66.7 Å². The van der Waals surface area contributed by atoms with Crippen molar-refractivity contribution in [2.75, 3.05) is 6.61 Å². The van der Waals surface area contributed by atoms with Gasteiger partial charge in [-0.15, -0.1) is 0 Å². The molecule has 0 fully saturated rings. The first kappa shape index (κ1) is 22.2. The van der Waals surface area contributed by atoms with Crippen molar-refractivity contribution in [1.29, 1.82) is 0 Å². The van der Waals surface area contributed by atoms with Crippen molar-refractivity contribution in [3.63, 3.8) is 0 Å². The van der Waals surface area contributed by atoms with Crippen molar-refractivity contribution in [3.05, 3.63) is 107 Å². The molecule has 32 heavy (non-hydrogen) atoms. The van der Waals surface area contributed by atoms with Gasteiger partial charge in [0.1, 0.15) is 0 Å². The van der Waals surface area contributed by atoms with Crippen molar-refractivity contribution in [1.82, 2.24) is 4.57 Å². The fourth-order valence-corrected chi connectivity index (χ4v) is 4.84. The van der Waals surface area contributed by atoms with E-state index in [1.54, 1.807) is 24.5 Å². The SMILES string of the molecule is CCOC(=O)C1=C(C)N=c2sc(=C/C=C/c3ccc(Br)cc3)c(=O)n2[C@@H]1c1ccccc1. The molecular formula is C25H21BrN2O3S. The Morgan fingerprint density at radius 1 is 1.19 bits per heavy atom. The van der Waals surface area contributed by atoms with Gasteiger partial charge in [0.2, 0.25) is 0 Å². The van der Waals surface area contributed by atoms with Crippen LogP contribution >= 0.6 is 27.3 Å². The molecule has 1 aliphatic rings. The number of benzene rings is 2. The molecule has 5 nitrogen and oxygen atoms in total. The van der Waals surface area contributed by atoms with Gasteiger partial charge in [-0.05, 0) is 43.2 Å². The number of ether oxygens (including phenoxy) is 1. The summed E-state index contributed by atoms with van der Waals surface area (Å²) >= 11 is 4.74. The number of carbonyl (C=O) groups excluding carboxylic acids is 1. The number of rotatable bonds is 5. The molecular weight excluding hydrogens is 488 g/mol. The third-order valence-electron chi connectivity index (χ3n) is 5.04. The zero-order valence-corrected chi connectivity index (χ0v) is 20.0. The van der Waals surface area contributed by atoms with Crippen LogP contribution in [-0.4, -0.2) is 17.1 Å². The molecule has 0 unspecified atom stereocenters. The first-order valence-electron chi connectivity index (χ1n) is 10.2. The second kappa shape index (κ2) is 9.63. The Kier molecular flexibility index (Phi) is 6.67. The number of thiazole rings is 1. The predicted octanol–water partition coefficient (Wildman–Crippen LogP) is 4.23. The zero-order chi connectivity index (χ0) is 22.7. The molecule has 0 amide bonds. The summed E-state index contributed by atoms with van der Waals surface area (Å²) in [6, 6.07) is 16.8. The maximum absolute atomic E-state index is 13.4. The van der Waals surface area contributed by atoms with Crippen LogP contribution in [0.1, 0.15) is 31.0 Å². The first-order chi connectivity index (χ1) is 15.5. The van der Waals surface area contributed by atoms with Crippen LogP contribution in [0.4, 0.5) is 0 Å². The minimum Gasteiger partial charge on any atom is -0.463 e. The lowest BCUT2D eigenvalue weighted by Gasteiger charge is -2.24. The summed E-state index contributed by atoms with van der Waals surface area (Å²) in [5.74, 6) is -0.452. The molecule has 4 rings (SSSR count). The van der Waals surface area contributed by atoms with Crippen LogP contribution in [-0.2, 0) is 9.53 Å². The molecule has 7 heteroatoms. The molecule has 2 aromatic carbocycles. The van der Waals surface area contributed by atoms with E-state index in [1.165, 1.54) is 11.3 Å².